The molecule has 0 aliphatic carbocycles. The molecule has 2 heterocycles. The molecule has 0 unspecified atom stereocenters. The highest BCUT2D eigenvalue weighted by atomic mass is 16.3. The summed E-state index contributed by atoms with van der Waals surface area (Å²) in [6.07, 6.45) is 2.24. The quantitative estimate of drug-likeness (QED) is 0.737. The summed E-state index contributed by atoms with van der Waals surface area (Å²) in [6, 6.07) is 1.88. The number of furan rings is 1. The molecular weight excluding hydrogens is 180 g/mol. The first-order chi connectivity index (χ1) is 6.72. The second-order valence-electron chi connectivity index (χ2n) is 3.17. The fourth-order valence-electron chi connectivity index (χ4n) is 1.28. The molecule has 0 atom stereocenters. The lowest BCUT2D eigenvalue weighted by Crippen LogP contribution is -1.80. The Morgan fingerprint density at radius 3 is 2.86 bits per heavy atom. The van der Waals surface area contributed by atoms with Gasteiger partial charge in [-0.25, -0.2) is 0 Å². The van der Waals surface area contributed by atoms with Gasteiger partial charge in [0.05, 0.1) is 11.8 Å². The average Bonchev–Trinajstić information content (AvgIpc) is 2.73. The Balaban J connectivity index is 2.54. The van der Waals surface area contributed by atoms with E-state index in [1.54, 1.807) is 0 Å². The number of hydrogen-bond acceptors (Lipinski definition) is 3. The molecular formula is C10H10N2O2. The van der Waals surface area contributed by atoms with Crippen LogP contribution in [-0.2, 0) is 0 Å². The first kappa shape index (κ1) is 8.74. The highest BCUT2D eigenvalue weighted by Crippen LogP contribution is 2.24. The number of nitrogens with zero attached hydrogens (tertiary/aromatic N) is 1. The lowest BCUT2D eigenvalue weighted by Gasteiger charge is -1.91. The minimum atomic E-state index is 0.513. The van der Waals surface area contributed by atoms with Crippen molar-refractivity contribution in [2.24, 2.45) is 0 Å². The van der Waals surface area contributed by atoms with Crippen molar-refractivity contribution in [2.75, 3.05) is 0 Å². The van der Waals surface area contributed by atoms with Gasteiger partial charge >= 0.3 is 0 Å². The number of H-pyrrole nitrogens is 1. The third-order valence-corrected chi connectivity index (χ3v) is 2.21. The molecule has 14 heavy (non-hydrogen) atoms. The Morgan fingerprint density at radius 2 is 2.29 bits per heavy atom. The normalized spacial score (nSPS) is 10.4. The molecule has 0 aliphatic rings. The van der Waals surface area contributed by atoms with E-state index in [0.29, 0.717) is 17.0 Å². The van der Waals surface area contributed by atoms with Gasteiger partial charge in [-0.2, -0.15) is 5.10 Å². The molecule has 0 saturated carbocycles. The number of aryl methyl sites for hydroxylation is 2. The van der Waals surface area contributed by atoms with E-state index in [0.717, 1.165) is 17.6 Å². The van der Waals surface area contributed by atoms with Crippen molar-refractivity contribution in [1.82, 2.24) is 10.2 Å². The zero-order valence-electron chi connectivity index (χ0n) is 8.00. The maximum Gasteiger partial charge on any atom is 0.153 e. The second-order valence-corrected chi connectivity index (χ2v) is 3.17. The van der Waals surface area contributed by atoms with Crippen molar-refractivity contribution in [3.8, 4) is 11.5 Å². The minimum absolute atomic E-state index is 0.513. The number of carbonyl (C=O) groups excluding carboxylic acids is 1. The van der Waals surface area contributed by atoms with E-state index in [-0.39, 0.29) is 0 Å². The summed E-state index contributed by atoms with van der Waals surface area (Å²) in [4.78, 5) is 10.7. The summed E-state index contributed by atoms with van der Waals surface area (Å²) in [5.41, 5.74) is 2.21. The topological polar surface area (TPSA) is 58.9 Å². The Kier molecular flexibility index (Phi) is 1.96. The number of aldehydes is 1. The monoisotopic (exact) mass is 190 g/mol. The van der Waals surface area contributed by atoms with Crippen LogP contribution in [0.4, 0.5) is 0 Å². The summed E-state index contributed by atoms with van der Waals surface area (Å²) in [5.74, 6) is 1.51. The van der Waals surface area contributed by atoms with Gasteiger partial charge in [-0.15, -0.1) is 0 Å². The fraction of sp³-hybridized carbons (Fsp3) is 0.200. The molecule has 0 bridgehead atoms. The van der Waals surface area contributed by atoms with Gasteiger partial charge in [0.25, 0.3) is 0 Å². The molecule has 4 nitrogen and oxygen atoms in total. The highest BCUT2D eigenvalue weighted by molar-refractivity contribution is 5.83. The molecule has 1 N–H and O–H groups in total. The van der Waals surface area contributed by atoms with Crippen LogP contribution in [0, 0.1) is 13.8 Å². The van der Waals surface area contributed by atoms with Crippen molar-refractivity contribution >= 4 is 6.29 Å². The lowest BCUT2D eigenvalue weighted by atomic mass is 10.2. The summed E-state index contributed by atoms with van der Waals surface area (Å²) in [5, 5.41) is 6.53. The van der Waals surface area contributed by atoms with Gasteiger partial charge in [-0.3, -0.25) is 9.89 Å². The van der Waals surface area contributed by atoms with Crippen molar-refractivity contribution in [1.29, 1.82) is 0 Å². The molecule has 0 amide bonds. The molecule has 0 spiro atoms. The summed E-state index contributed by atoms with van der Waals surface area (Å²) >= 11 is 0. The van der Waals surface area contributed by atoms with E-state index in [1.165, 1.54) is 6.20 Å². The second kappa shape index (κ2) is 3.14. The smallest absolute Gasteiger partial charge is 0.153 e. The molecule has 0 fully saturated rings. The molecule has 0 radical (unpaired) electrons. The van der Waals surface area contributed by atoms with Crippen LogP contribution in [0.2, 0.25) is 0 Å². The predicted octanol–water partition coefficient (Wildman–Crippen LogP) is 2.10. The van der Waals surface area contributed by atoms with Crippen LogP contribution in [0.1, 0.15) is 21.7 Å². The lowest BCUT2D eigenvalue weighted by molar-refractivity contribution is 0.112. The summed E-state index contributed by atoms with van der Waals surface area (Å²) in [7, 11) is 0. The maximum atomic E-state index is 10.7. The van der Waals surface area contributed by atoms with Crippen LogP contribution in [0.15, 0.2) is 16.7 Å². The van der Waals surface area contributed by atoms with E-state index in [2.05, 4.69) is 10.2 Å². The van der Waals surface area contributed by atoms with Crippen molar-refractivity contribution in [2.45, 2.75) is 13.8 Å². The first-order valence-electron chi connectivity index (χ1n) is 4.28. The van der Waals surface area contributed by atoms with Crippen molar-refractivity contribution in [3.05, 3.63) is 29.2 Å². The number of hydrogen-bond donors (Lipinski definition) is 1. The predicted molar refractivity (Wildman–Crippen MR) is 51.2 cm³/mol. The number of nitrogens with one attached hydrogen (secondary N) is 1. The van der Waals surface area contributed by atoms with Gasteiger partial charge in [0, 0.05) is 0 Å². The van der Waals surface area contributed by atoms with Crippen molar-refractivity contribution < 1.29 is 9.21 Å². The molecule has 0 aromatic carbocycles. The Hall–Kier alpha value is -1.84. The molecule has 2 aromatic rings. The summed E-state index contributed by atoms with van der Waals surface area (Å²) in [6.45, 7) is 3.84. The van der Waals surface area contributed by atoms with Gasteiger partial charge in [0.15, 0.2) is 12.0 Å². The maximum absolute atomic E-state index is 10.7. The Labute approximate surface area is 80.9 Å². The van der Waals surface area contributed by atoms with Gasteiger partial charge in [0.2, 0.25) is 0 Å². The summed E-state index contributed by atoms with van der Waals surface area (Å²) < 4.78 is 5.47. The van der Waals surface area contributed by atoms with E-state index in [1.807, 2.05) is 19.9 Å². The van der Waals surface area contributed by atoms with Crippen LogP contribution in [-0.4, -0.2) is 16.5 Å². The van der Waals surface area contributed by atoms with E-state index in [9.17, 15) is 4.79 Å². The Bertz CT molecular complexity index is 449. The average molecular weight is 190 g/mol. The molecule has 0 saturated heterocycles. The third-order valence-electron chi connectivity index (χ3n) is 2.21. The standard InChI is InChI=1S/C10H10N2O2/c1-6-3-9(14-7(6)2)10-8(5-13)4-11-12-10/h3-5H,1-2H3,(H,11,12). The zero-order chi connectivity index (χ0) is 10.1. The molecule has 0 aliphatic heterocycles. The SMILES string of the molecule is Cc1cc(-c2[nH]ncc2C=O)oc1C. The largest absolute Gasteiger partial charge is 0.459 e. The molecule has 2 rings (SSSR count). The zero-order valence-corrected chi connectivity index (χ0v) is 8.00. The molecule has 2 aromatic heterocycles. The number of carbonyl (C=O) groups is 1. The van der Waals surface area contributed by atoms with Crippen molar-refractivity contribution in [3.63, 3.8) is 0 Å². The minimum Gasteiger partial charge on any atom is -0.459 e. The number of aromatic nitrogens is 2. The van der Waals surface area contributed by atoms with E-state index in [4.69, 9.17) is 4.42 Å². The first-order valence-corrected chi connectivity index (χ1v) is 4.28. The van der Waals surface area contributed by atoms with Crippen LogP contribution in [0.25, 0.3) is 11.5 Å². The van der Waals surface area contributed by atoms with Crippen LogP contribution < -0.4 is 0 Å². The van der Waals surface area contributed by atoms with Crippen LogP contribution >= 0.6 is 0 Å². The number of aromatic amines is 1. The van der Waals surface area contributed by atoms with Gasteiger partial charge in [0.1, 0.15) is 11.5 Å². The highest BCUT2D eigenvalue weighted by Gasteiger charge is 2.11. The number of rotatable bonds is 2. The van der Waals surface area contributed by atoms with Gasteiger partial charge in [-0.05, 0) is 25.5 Å². The fourth-order valence-corrected chi connectivity index (χ4v) is 1.28. The molecule has 72 valence electrons. The van der Waals surface area contributed by atoms with Gasteiger partial charge in [-0.1, -0.05) is 0 Å². The third kappa shape index (κ3) is 1.25. The van der Waals surface area contributed by atoms with Gasteiger partial charge < -0.3 is 4.42 Å². The Morgan fingerprint density at radius 1 is 1.50 bits per heavy atom. The van der Waals surface area contributed by atoms with E-state index < -0.39 is 0 Å². The van der Waals surface area contributed by atoms with E-state index >= 15 is 0 Å². The van der Waals surface area contributed by atoms with Crippen LogP contribution in [0.3, 0.4) is 0 Å². The molecule has 4 heteroatoms. The van der Waals surface area contributed by atoms with Crippen LogP contribution in [0.5, 0.6) is 0 Å².